The molecule has 0 amide bonds. The number of methoxy groups -OCH3 is 1. The summed E-state index contributed by atoms with van der Waals surface area (Å²) in [4.78, 5) is 9.55. The van der Waals surface area contributed by atoms with Gasteiger partial charge in [0.05, 0.1) is 12.8 Å². The SMILES string of the molecule is CCOCCCNC(=NCc1nnc(C)n1C)N1CCN(c2ccccc2OC)CC1. The van der Waals surface area contributed by atoms with Crippen LogP contribution in [0.15, 0.2) is 29.3 Å². The summed E-state index contributed by atoms with van der Waals surface area (Å²) in [5, 5.41) is 11.9. The highest BCUT2D eigenvalue weighted by Gasteiger charge is 2.22. The minimum absolute atomic E-state index is 0.498. The number of hydrogen-bond acceptors (Lipinski definition) is 6. The Bertz CT molecular complexity index is 844. The number of guanidine groups is 1. The molecule has 9 nitrogen and oxygen atoms in total. The van der Waals surface area contributed by atoms with Gasteiger partial charge >= 0.3 is 0 Å². The molecule has 9 heteroatoms. The van der Waals surface area contributed by atoms with E-state index in [-0.39, 0.29) is 0 Å². The van der Waals surface area contributed by atoms with Crippen molar-refractivity contribution in [2.45, 2.75) is 26.8 Å². The van der Waals surface area contributed by atoms with E-state index in [1.165, 1.54) is 0 Å². The molecule has 31 heavy (non-hydrogen) atoms. The number of nitrogens with zero attached hydrogens (tertiary/aromatic N) is 6. The van der Waals surface area contributed by atoms with E-state index < -0.39 is 0 Å². The van der Waals surface area contributed by atoms with Gasteiger partial charge in [-0.05, 0) is 32.4 Å². The highest BCUT2D eigenvalue weighted by Crippen LogP contribution is 2.28. The first-order valence-electron chi connectivity index (χ1n) is 11.0. The molecule has 0 radical (unpaired) electrons. The number of rotatable bonds is 9. The van der Waals surface area contributed by atoms with Crippen LogP contribution in [0, 0.1) is 6.92 Å². The first-order valence-corrected chi connectivity index (χ1v) is 11.0. The molecule has 2 heterocycles. The Hall–Kier alpha value is -2.81. The number of aryl methyl sites for hydroxylation is 1. The molecule has 0 unspecified atom stereocenters. The minimum Gasteiger partial charge on any atom is -0.495 e. The predicted octanol–water partition coefficient (Wildman–Crippen LogP) is 1.83. The van der Waals surface area contributed by atoms with Gasteiger partial charge in [-0.15, -0.1) is 10.2 Å². The molecular weight excluding hydrogens is 394 g/mol. The topological polar surface area (TPSA) is 80.0 Å². The zero-order chi connectivity index (χ0) is 22.1. The van der Waals surface area contributed by atoms with Crippen molar-refractivity contribution < 1.29 is 9.47 Å². The minimum atomic E-state index is 0.498. The van der Waals surface area contributed by atoms with Gasteiger partial charge in [0.15, 0.2) is 11.8 Å². The number of para-hydroxylation sites is 2. The third-order valence-corrected chi connectivity index (χ3v) is 5.51. The van der Waals surface area contributed by atoms with Crippen LogP contribution in [0.3, 0.4) is 0 Å². The van der Waals surface area contributed by atoms with Crippen LogP contribution in [0.5, 0.6) is 5.75 Å². The molecule has 0 bridgehead atoms. The van der Waals surface area contributed by atoms with Crippen LogP contribution < -0.4 is 15.0 Å². The Morgan fingerprint density at radius 3 is 2.61 bits per heavy atom. The Kier molecular flexibility index (Phi) is 8.52. The summed E-state index contributed by atoms with van der Waals surface area (Å²) < 4.78 is 13.0. The van der Waals surface area contributed by atoms with Gasteiger partial charge in [0.1, 0.15) is 18.1 Å². The molecule has 1 aromatic carbocycles. The number of benzene rings is 1. The summed E-state index contributed by atoms with van der Waals surface area (Å²) >= 11 is 0. The van der Waals surface area contributed by atoms with Gasteiger partial charge in [-0.25, -0.2) is 4.99 Å². The summed E-state index contributed by atoms with van der Waals surface area (Å²) in [5.41, 5.74) is 1.14. The average Bonchev–Trinajstić information content (AvgIpc) is 3.13. The highest BCUT2D eigenvalue weighted by atomic mass is 16.5. The zero-order valence-corrected chi connectivity index (χ0v) is 19.2. The molecule has 1 aromatic heterocycles. The third-order valence-electron chi connectivity index (χ3n) is 5.51. The van der Waals surface area contributed by atoms with Crippen LogP contribution >= 0.6 is 0 Å². The molecule has 1 fully saturated rings. The summed E-state index contributed by atoms with van der Waals surface area (Å²) in [6.45, 7) is 10.4. The summed E-state index contributed by atoms with van der Waals surface area (Å²) in [6.07, 6.45) is 0.942. The van der Waals surface area contributed by atoms with Crippen molar-refractivity contribution in [1.82, 2.24) is 25.0 Å². The van der Waals surface area contributed by atoms with Crippen molar-refractivity contribution in [3.8, 4) is 5.75 Å². The van der Waals surface area contributed by atoms with E-state index in [1.54, 1.807) is 7.11 Å². The first-order chi connectivity index (χ1) is 15.1. The second-order valence-electron chi connectivity index (χ2n) is 7.49. The lowest BCUT2D eigenvalue weighted by Crippen LogP contribution is -2.52. The molecule has 1 N–H and O–H groups in total. The van der Waals surface area contributed by atoms with Crippen molar-refractivity contribution in [1.29, 1.82) is 0 Å². The third kappa shape index (κ3) is 6.10. The standard InChI is InChI=1S/C22H35N7O2/c1-5-31-16-8-11-23-22(24-17-21-26-25-18(2)27(21)3)29-14-12-28(13-15-29)19-9-6-7-10-20(19)30-4/h6-7,9-10H,5,8,11-17H2,1-4H3,(H,23,24). The lowest BCUT2D eigenvalue weighted by molar-refractivity contribution is 0.145. The quantitative estimate of drug-likeness (QED) is 0.370. The van der Waals surface area contributed by atoms with Gasteiger partial charge in [-0.3, -0.25) is 0 Å². The van der Waals surface area contributed by atoms with Crippen molar-refractivity contribution >= 4 is 11.6 Å². The summed E-state index contributed by atoms with van der Waals surface area (Å²) in [5.74, 6) is 3.58. The monoisotopic (exact) mass is 429 g/mol. The van der Waals surface area contributed by atoms with E-state index in [9.17, 15) is 0 Å². The molecular formula is C22H35N7O2. The molecule has 3 rings (SSSR count). The molecule has 2 aromatic rings. The van der Waals surface area contributed by atoms with Crippen molar-refractivity contribution in [3.63, 3.8) is 0 Å². The van der Waals surface area contributed by atoms with Crippen LogP contribution in [-0.2, 0) is 18.3 Å². The van der Waals surface area contributed by atoms with Gasteiger partial charge in [0, 0.05) is 53.0 Å². The molecule has 170 valence electrons. The molecule has 0 aliphatic carbocycles. The summed E-state index contributed by atoms with van der Waals surface area (Å²) in [7, 11) is 3.70. The van der Waals surface area contributed by atoms with Gasteiger partial charge in [-0.2, -0.15) is 0 Å². The zero-order valence-electron chi connectivity index (χ0n) is 19.2. The van der Waals surface area contributed by atoms with E-state index in [0.29, 0.717) is 6.54 Å². The Morgan fingerprint density at radius 2 is 1.94 bits per heavy atom. The maximum absolute atomic E-state index is 5.54. The van der Waals surface area contributed by atoms with Crippen LogP contribution in [0.25, 0.3) is 0 Å². The summed E-state index contributed by atoms with van der Waals surface area (Å²) in [6, 6.07) is 8.19. The maximum atomic E-state index is 5.54. The van der Waals surface area contributed by atoms with Crippen molar-refractivity contribution in [2.75, 3.05) is 57.9 Å². The maximum Gasteiger partial charge on any atom is 0.194 e. The van der Waals surface area contributed by atoms with Crippen molar-refractivity contribution in [3.05, 3.63) is 35.9 Å². The lowest BCUT2D eigenvalue weighted by atomic mass is 10.2. The van der Waals surface area contributed by atoms with Gasteiger partial charge in [-0.1, -0.05) is 12.1 Å². The van der Waals surface area contributed by atoms with Gasteiger partial charge in [0.25, 0.3) is 0 Å². The van der Waals surface area contributed by atoms with Crippen molar-refractivity contribution in [2.24, 2.45) is 12.0 Å². The molecule has 1 aliphatic rings. The van der Waals surface area contributed by atoms with E-state index in [2.05, 4.69) is 37.4 Å². The van der Waals surface area contributed by atoms with E-state index >= 15 is 0 Å². The second kappa shape index (κ2) is 11.5. The van der Waals surface area contributed by atoms with Crippen LogP contribution in [0.2, 0.25) is 0 Å². The Balaban J connectivity index is 1.64. The number of aliphatic imine (C=N–C) groups is 1. The number of nitrogens with one attached hydrogen (secondary N) is 1. The number of ether oxygens (including phenoxy) is 2. The second-order valence-corrected chi connectivity index (χ2v) is 7.49. The first kappa shape index (κ1) is 22.9. The number of hydrogen-bond donors (Lipinski definition) is 1. The van der Waals surface area contributed by atoms with Gasteiger partial charge < -0.3 is 29.2 Å². The van der Waals surface area contributed by atoms with E-state index in [0.717, 1.165) is 81.4 Å². The number of aromatic nitrogens is 3. The average molecular weight is 430 g/mol. The number of anilines is 1. The molecule has 0 atom stereocenters. The highest BCUT2D eigenvalue weighted by molar-refractivity contribution is 5.80. The van der Waals surface area contributed by atoms with Crippen LogP contribution in [0.1, 0.15) is 25.0 Å². The number of piperazine rings is 1. The molecule has 0 spiro atoms. The van der Waals surface area contributed by atoms with Crippen LogP contribution in [0.4, 0.5) is 5.69 Å². The largest absolute Gasteiger partial charge is 0.495 e. The smallest absolute Gasteiger partial charge is 0.194 e. The fourth-order valence-corrected chi connectivity index (χ4v) is 3.57. The fraction of sp³-hybridized carbons (Fsp3) is 0.591. The molecule has 1 aliphatic heterocycles. The van der Waals surface area contributed by atoms with E-state index in [1.807, 2.05) is 37.6 Å². The normalized spacial score (nSPS) is 14.8. The Labute approximate surface area is 185 Å². The predicted molar refractivity (Wildman–Crippen MR) is 123 cm³/mol. The fourth-order valence-electron chi connectivity index (χ4n) is 3.57. The van der Waals surface area contributed by atoms with Gasteiger partial charge in [0.2, 0.25) is 0 Å². The lowest BCUT2D eigenvalue weighted by Gasteiger charge is -2.38. The van der Waals surface area contributed by atoms with Crippen LogP contribution in [-0.4, -0.2) is 78.7 Å². The molecule has 1 saturated heterocycles. The van der Waals surface area contributed by atoms with E-state index in [4.69, 9.17) is 14.5 Å². The molecule has 0 saturated carbocycles. The Morgan fingerprint density at radius 1 is 1.16 bits per heavy atom.